The number of likely N-dealkylation sites (tertiary alicyclic amines) is 1. The number of amides is 2. The molecular weight excluding hydrogens is 454 g/mol. The average molecular weight is 476 g/mol. The van der Waals surface area contributed by atoms with Gasteiger partial charge in [0.25, 0.3) is 0 Å². The fourth-order valence-corrected chi connectivity index (χ4v) is 4.34. The van der Waals surface area contributed by atoms with Gasteiger partial charge in [0.2, 0.25) is 11.8 Å². The largest absolute Gasteiger partial charge is 0.381 e. The number of H-pyrrole nitrogens is 1. The van der Waals surface area contributed by atoms with E-state index in [0.717, 1.165) is 16.5 Å². The lowest BCUT2D eigenvalue weighted by Gasteiger charge is -2.27. The highest BCUT2D eigenvalue weighted by atomic mass is 35.5. The molecule has 10 heteroatoms. The lowest BCUT2D eigenvalue weighted by atomic mass is 9.95. The number of aromatic nitrogens is 4. The van der Waals surface area contributed by atoms with Crippen molar-refractivity contribution in [2.45, 2.75) is 12.8 Å². The summed E-state index contributed by atoms with van der Waals surface area (Å²) in [5, 5.41) is 11.0. The quantitative estimate of drug-likeness (QED) is 0.412. The fraction of sp³-hybridized carbons (Fsp3) is 0.208. The monoisotopic (exact) mass is 475 g/mol. The third-order valence-corrected chi connectivity index (χ3v) is 6.31. The van der Waals surface area contributed by atoms with E-state index in [2.05, 4.69) is 20.5 Å². The normalized spacial score (nSPS) is 16.1. The molecule has 0 spiro atoms. The molecule has 4 aromatic rings. The summed E-state index contributed by atoms with van der Waals surface area (Å²) >= 11 is 6.48. The SMILES string of the molecule is CN1CCC(C(=O)Nc2nc(-c3cc(Cl)c4[nH]ncc4c3)c(-c3ccccc3)nc2N)CC1=O. The molecule has 5 rings (SSSR count). The third kappa shape index (κ3) is 4.06. The van der Waals surface area contributed by atoms with Gasteiger partial charge >= 0.3 is 0 Å². The van der Waals surface area contributed by atoms with Gasteiger partial charge in [0.1, 0.15) is 0 Å². The van der Waals surface area contributed by atoms with Crippen LogP contribution in [0.25, 0.3) is 33.4 Å². The van der Waals surface area contributed by atoms with Crippen LogP contribution >= 0.6 is 11.6 Å². The number of rotatable bonds is 4. The summed E-state index contributed by atoms with van der Waals surface area (Å²) in [7, 11) is 1.73. The highest BCUT2D eigenvalue weighted by molar-refractivity contribution is 6.35. The molecule has 0 bridgehead atoms. The maximum Gasteiger partial charge on any atom is 0.229 e. The molecule has 1 unspecified atom stereocenters. The van der Waals surface area contributed by atoms with Crippen molar-refractivity contribution in [3.8, 4) is 22.5 Å². The summed E-state index contributed by atoms with van der Waals surface area (Å²) < 4.78 is 0. The second-order valence-corrected chi connectivity index (χ2v) is 8.71. The van der Waals surface area contributed by atoms with Crippen LogP contribution in [0.4, 0.5) is 11.6 Å². The summed E-state index contributed by atoms with van der Waals surface area (Å²) in [6.45, 7) is 0.527. The van der Waals surface area contributed by atoms with E-state index >= 15 is 0 Å². The molecule has 2 aromatic heterocycles. The summed E-state index contributed by atoms with van der Waals surface area (Å²) in [6.07, 6.45) is 2.40. The molecule has 172 valence electrons. The molecule has 3 heterocycles. The third-order valence-electron chi connectivity index (χ3n) is 6.02. The van der Waals surface area contributed by atoms with Crippen LogP contribution in [-0.4, -0.2) is 50.5 Å². The molecule has 1 aliphatic rings. The van der Waals surface area contributed by atoms with Crippen molar-refractivity contribution >= 4 is 46.0 Å². The van der Waals surface area contributed by atoms with E-state index in [-0.39, 0.29) is 29.9 Å². The van der Waals surface area contributed by atoms with Gasteiger partial charge in [-0.25, -0.2) is 9.97 Å². The van der Waals surface area contributed by atoms with Gasteiger partial charge in [-0.2, -0.15) is 5.10 Å². The Hall–Kier alpha value is -3.98. The molecule has 1 aliphatic heterocycles. The van der Waals surface area contributed by atoms with E-state index in [1.807, 2.05) is 36.4 Å². The maximum atomic E-state index is 12.9. The van der Waals surface area contributed by atoms with Gasteiger partial charge in [0, 0.05) is 42.4 Å². The lowest BCUT2D eigenvalue weighted by Crippen LogP contribution is -2.40. The number of benzene rings is 2. The number of nitrogens with one attached hydrogen (secondary N) is 2. The zero-order valence-electron chi connectivity index (χ0n) is 18.4. The van der Waals surface area contributed by atoms with Crippen molar-refractivity contribution in [2.24, 2.45) is 5.92 Å². The second-order valence-electron chi connectivity index (χ2n) is 8.31. The van der Waals surface area contributed by atoms with Crippen molar-refractivity contribution in [2.75, 3.05) is 24.6 Å². The van der Waals surface area contributed by atoms with Crippen molar-refractivity contribution in [3.63, 3.8) is 0 Å². The molecule has 1 atom stereocenters. The van der Waals surface area contributed by atoms with E-state index in [4.69, 9.17) is 22.3 Å². The maximum absolute atomic E-state index is 12.9. The van der Waals surface area contributed by atoms with Crippen LogP contribution < -0.4 is 11.1 Å². The van der Waals surface area contributed by atoms with Crippen LogP contribution in [0.15, 0.2) is 48.7 Å². The molecule has 34 heavy (non-hydrogen) atoms. The summed E-state index contributed by atoms with van der Waals surface area (Å²) in [4.78, 5) is 35.9. The number of anilines is 2. The summed E-state index contributed by atoms with van der Waals surface area (Å²) in [5.41, 5.74) is 9.55. The molecule has 0 saturated carbocycles. The number of halogens is 1. The van der Waals surface area contributed by atoms with Gasteiger partial charge in [0.05, 0.1) is 28.1 Å². The van der Waals surface area contributed by atoms with Gasteiger partial charge in [-0.1, -0.05) is 41.9 Å². The molecule has 2 amide bonds. The number of piperidine rings is 1. The minimum Gasteiger partial charge on any atom is -0.381 e. The lowest BCUT2D eigenvalue weighted by molar-refractivity contribution is -0.137. The standard InChI is InChI=1S/C24H22ClN7O2/c1-32-8-7-14(11-18(32)33)24(34)30-23-22(26)28-20(13-5-3-2-4-6-13)21(29-23)15-9-16-12-27-31-19(16)17(25)10-15/h2-6,9-10,12,14H,7-8,11H2,1H3,(H2,26,28)(H,27,31)(H,29,30,34). The number of hydrogen-bond donors (Lipinski definition) is 3. The van der Waals surface area contributed by atoms with Crippen molar-refractivity contribution in [1.82, 2.24) is 25.1 Å². The van der Waals surface area contributed by atoms with Crippen molar-refractivity contribution in [1.29, 1.82) is 0 Å². The van der Waals surface area contributed by atoms with Crippen molar-refractivity contribution in [3.05, 3.63) is 53.7 Å². The molecule has 1 fully saturated rings. The number of hydrogen-bond acceptors (Lipinski definition) is 6. The number of carbonyl (C=O) groups excluding carboxylic acids is 2. The minimum absolute atomic E-state index is 0.0615. The first-order chi connectivity index (χ1) is 16.4. The van der Waals surface area contributed by atoms with Crippen LogP contribution in [0.1, 0.15) is 12.8 Å². The van der Waals surface area contributed by atoms with Crippen molar-refractivity contribution < 1.29 is 9.59 Å². The van der Waals surface area contributed by atoms with Gasteiger partial charge in [0.15, 0.2) is 11.6 Å². The number of carbonyl (C=O) groups is 2. The first-order valence-electron chi connectivity index (χ1n) is 10.8. The molecule has 1 saturated heterocycles. The smallest absolute Gasteiger partial charge is 0.229 e. The highest BCUT2D eigenvalue weighted by Crippen LogP contribution is 2.36. The Labute approximate surface area is 200 Å². The summed E-state index contributed by atoms with van der Waals surface area (Å²) in [5.74, 6) is -0.572. The number of nitrogen functional groups attached to an aromatic ring is 1. The van der Waals surface area contributed by atoms with Crippen LogP contribution in [0.2, 0.25) is 5.02 Å². The zero-order valence-corrected chi connectivity index (χ0v) is 19.1. The van der Waals surface area contributed by atoms with Gasteiger partial charge in [-0.15, -0.1) is 0 Å². The Morgan fingerprint density at radius 1 is 1.18 bits per heavy atom. The van der Waals surface area contributed by atoms with E-state index in [0.29, 0.717) is 34.9 Å². The Balaban J connectivity index is 1.58. The van der Waals surface area contributed by atoms with E-state index in [1.165, 1.54) is 0 Å². The van der Waals surface area contributed by atoms with E-state index in [9.17, 15) is 9.59 Å². The zero-order chi connectivity index (χ0) is 23.8. The Kier molecular flexibility index (Phi) is 5.62. The van der Waals surface area contributed by atoms with Crippen LogP contribution in [0, 0.1) is 5.92 Å². The van der Waals surface area contributed by atoms with Gasteiger partial charge < -0.3 is 16.0 Å². The molecule has 0 aliphatic carbocycles. The predicted octanol–water partition coefficient (Wildman–Crippen LogP) is 3.73. The second kappa shape index (κ2) is 8.75. The number of fused-ring (bicyclic) bond motifs is 1. The number of aromatic amines is 1. The van der Waals surface area contributed by atoms with Crippen LogP contribution in [0.5, 0.6) is 0 Å². The molecule has 0 radical (unpaired) electrons. The van der Waals surface area contributed by atoms with Gasteiger partial charge in [-0.05, 0) is 18.6 Å². The Morgan fingerprint density at radius 2 is 1.94 bits per heavy atom. The average Bonchev–Trinajstić information content (AvgIpc) is 3.32. The van der Waals surface area contributed by atoms with Gasteiger partial charge in [-0.3, -0.25) is 14.7 Å². The minimum atomic E-state index is -0.445. The molecule has 4 N–H and O–H groups in total. The topological polar surface area (TPSA) is 130 Å². The first-order valence-corrected chi connectivity index (χ1v) is 11.2. The fourth-order valence-electron chi connectivity index (χ4n) is 4.08. The predicted molar refractivity (Wildman–Crippen MR) is 131 cm³/mol. The number of nitrogens with zero attached hydrogens (tertiary/aromatic N) is 4. The van der Waals surface area contributed by atoms with E-state index < -0.39 is 5.92 Å². The number of nitrogens with two attached hydrogens (primary N) is 1. The highest BCUT2D eigenvalue weighted by Gasteiger charge is 2.29. The first kappa shape index (κ1) is 21.8. The van der Waals surface area contributed by atoms with E-state index in [1.54, 1.807) is 24.2 Å². The summed E-state index contributed by atoms with van der Waals surface area (Å²) in [6, 6.07) is 13.2. The molecule has 9 nitrogen and oxygen atoms in total. The Morgan fingerprint density at radius 3 is 2.71 bits per heavy atom. The molecule has 2 aromatic carbocycles. The van der Waals surface area contributed by atoms with Crippen LogP contribution in [-0.2, 0) is 9.59 Å². The molecular formula is C24H22ClN7O2. The van der Waals surface area contributed by atoms with Crippen LogP contribution in [0.3, 0.4) is 0 Å². The Bertz CT molecular complexity index is 1400.